The number of nitrogens with zero attached hydrogens (tertiary/aromatic N) is 2. The predicted molar refractivity (Wildman–Crippen MR) is 91.6 cm³/mol. The van der Waals surface area contributed by atoms with Gasteiger partial charge in [-0.3, -0.25) is 4.90 Å². The lowest BCUT2D eigenvalue weighted by atomic mass is 9.91. The van der Waals surface area contributed by atoms with Crippen LogP contribution in [0.5, 0.6) is 0 Å². The molecule has 2 aliphatic heterocycles. The van der Waals surface area contributed by atoms with Crippen LogP contribution in [0.2, 0.25) is 0 Å². The summed E-state index contributed by atoms with van der Waals surface area (Å²) in [7, 11) is 0. The summed E-state index contributed by atoms with van der Waals surface area (Å²) >= 11 is 0. The zero-order chi connectivity index (χ0) is 15.5. The van der Waals surface area contributed by atoms with Crippen molar-refractivity contribution in [2.75, 3.05) is 26.2 Å². The number of hydrogen-bond acceptors (Lipinski definition) is 4. The van der Waals surface area contributed by atoms with Gasteiger partial charge < -0.3 is 15.0 Å². The van der Waals surface area contributed by atoms with Crippen molar-refractivity contribution in [1.82, 2.24) is 15.1 Å². The maximum absolute atomic E-state index is 6.19. The molecule has 1 unspecified atom stereocenters. The highest BCUT2D eigenvalue weighted by molar-refractivity contribution is 5.13. The van der Waals surface area contributed by atoms with Crippen molar-refractivity contribution in [3.8, 4) is 0 Å². The fraction of sp³-hybridized carbons (Fsp3) is 0.789. The Morgan fingerprint density at radius 2 is 1.83 bits per heavy atom. The number of rotatable bonds is 4. The second kappa shape index (κ2) is 7.27. The van der Waals surface area contributed by atoms with Crippen LogP contribution in [-0.2, 0) is 4.74 Å². The van der Waals surface area contributed by atoms with Crippen molar-refractivity contribution in [1.29, 1.82) is 0 Å². The molecule has 4 rings (SSSR count). The van der Waals surface area contributed by atoms with Crippen LogP contribution in [0.1, 0.15) is 51.4 Å². The van der Waals surface area contributed by atoms with Crippen LogP contribution in [0.4, 0.5) is 0 Å². The highest BCUT2D eigenvalue weighted by Crippen LogP contribution is 2.26. The van der Waals surface area contributed by atoms with Crippen molar-refractivity contribution in [2.24, 2.45) is 0 Å². The minimum atomic E-state index is 0.0281. The molecule has 0 aromatic rings. The van der Waals surface area contributed by atoms with Crippen LogP contribution in [0.15, 0.2) is 18.0 Å². The van der Waals surface area contributed by atoms with Gasteiger partial charge in [-0.05, 0) is 38.2 Å². The maximum Gasteiger partial charge on any atom is 0.148 e. The minimum Gasteiger partial charge on any atom is -0.357 e. The first kappa shape index (κ1) is 15.5. The molecule has 127 valence electrons. The zero-order valence-corrected chi connectivity index (χ0v) is 14.2. The van der Waals surface area contributed by atoms with Crippen molar-refractivity contribution < 1.29 is 4.74 Å². The molecule has 0 aromatic heterocycles. The van der Waals surface area contributed by atoms with Crippen molar-refractivity contribution in [3.63, 3.8) is 0 Å². The Morgan fingerprint density at radius 3 is 2.61 bits per heavy atom. The lowest BCUT2D eigenvalue weighted by molar-refractivity contribution is 0.0000276. The quantitative estimate of drug-likeness (QED) is 0.863. The minimum absolute atomic E-state index is 0.0281. The molecular weight excluding hydrogens is 286 g/mol. The summed E-state index contributed by atoms with van der Waals surface area (Å²) in [5.41, 5.74) is 0. The molecule has 2 saturated carbocycles. The van der Waals surface area contributed by atoms with E-state index in [4.69, 9.17) is 4.74 Å². The van der Waals surface area contributed by atoms with Crippen molar-refractivity contribution in [2.45, 2.75) is 69.7 Å². The first-order chi connectivity index (χ1) is 11.4. The van der Waals surface area contributed by atoms with Gasteiger partial charge in [-0.2, -0.15) is 0 Å². The van der Waals surface area contributed by atoms with Crippen LogP contribution >= 0.6 is 0 Å². The highest BCUT2D eigenvalue weighted by Gasteiger charge is 2.28. The normalized spacial score (nSPS) is 30.7. The monoisotopic (exact) mass is 316 g/mol. The van der Waals surface area contributed by atoms with E-state index in [1.807, 2.05) is 6.08 Å². The standard InChI is InChI=1S/C19H30N3O/c1-2-9-17(8-1)23-19-11-4-10-18(20-19)22-13-5-12-21(14-15-22)16-6-3-7-16/h4,11,16-17,19-20H,1-3,5-9,12-15H2. The molecule has 4 heteroatoms. The molecule has 0 aromatic carbocycles. The summed E-state index contributed by atoms with van der Waals surface area (Å²) < 4.78 is 6.19. The molecule has 3 fully saturated rings. The molecule has 1 atom stereocenters. The third-order valence-electron chi connectivity index (χ3n) is 5.85. The lowest BCUT2D eigenvalue weighted by Gasteiger charge is -2.37. The van der Waals surface area contributed by atoms with Crippen LogP contribution in [0.25, 0.3) is 0 Å². The molecule has 0 bridgehead atoms. The van der Waals surface area contributed by atoms with Gasteiger partial charge in [0.15, 0.2) is 0 Å². The molecule has 23 heavy (non-hydrogen) atoms. The third-order valence-corrected chi connectivity index (χ3v) is 5.85. The Labute approximate surface area is 140 Å². The Bertz CT molecular complexity index is 452. The average Bonchev–Trinajstić information content (AvgIpc) is 2.90. The van der Waals surface area contributed by atoms with E-state index in [1.54, 1.807) is 0 Å². The zero-order valence-electron chi connectivity index (χ0n) is 14.2. The van der Waals surface area contributed by atoms with Crippen LogP contribution < -0.4 is 5.32 Å². The van der Waals surface area contributed by atoms with Gasteiger partial charge in [0.1, 0.15) is 12.0 Å². The molecule has 1 N–H and O–H groups in total. The topological polar surface area (TPSA) is 27.7 Å². The predicted octanol–water partition coefficient (Wildman–Crippen LogP) is 2.64. The van der Waals surface area contributed by atoms with E-state index < -0.39 is 0 Å². The Balaban J connectivity index is 1.30. The Kier molecular flexibility index (Phi) is 4.90. The van der Waals surface area contributed by atoms with Gasteiger partial charge in [0.25, 0.3) is 0 Å². The maximum atomic E-state index is 6.19. The van der Waals surface area contributed by atoms with E-state index in [9.17, 15) is 0 Å². The summed E-state index contributed by atoms with van der Waals surface area (Å²) in [4.78, 5) is 5.17. The number of allylic oxidation sites excluding steroid dienone is 2. The smallest absolute Gasteiger partial charge is 0.148 e. The molecule has 4 aliphatic rings. The van der Waals surface area contributed by atoms with Crippen LogP contribution in [-0.4, -0.2) is 54.4 Å². The SMILES string of the molecule is [C]1=C(N2CCCN(C3CCC3)CC2)NC(OC2CCCC2)C=C1. The summed E-state index contributed by atoms with van der Waals surface area (Å²) in [6.45, 7) is 4.68. The second-order valence-electron chi connectivity index (χ2n) is 7.42. The second-order valence-corrected chi connectivity index (χ2v) is 7.42. The molecule has 0 spiro atoms. The van der Waals surface area contributed by atoms with E-state index in [0.29, 0.717) is 6.10 Å². The van der Waals surface area contributed by atoms with E-state index in [0.717, 1.165) is 25.0 Å². The van der Waals surface area contributed by atoms with Crippen molar-refractivity contribution >= 4 is 0 Å². The third kappa shape index (κ3) is 3.74. The molecule has 2 heterocycles. The fourth-order valence-electron chi connectivity index (χ4n) is 4.21. The summed E-state index contributed by atoms with van der Waals surface area (Å²) in [6, 6.07) is 0.866. The number of ether oxygens (including phenoxy) is 1. The number of dihydropyridines is 1. The largest absolute Gasteiger partial charge is 0.357 e. The molecule has 2 aliphatic carbocycles. The number of nitrogens with one attached hydrogen (secondary N) is 1. The fourth-order valence-corrected chi connectivity index (χ4v) is 4.21. The van der Waals surface area contributed by atoms with E-state index in [-0.39, 0.29) is 6.23 Å². The highest BCUT2D eigenvalue weighted by atomic mass is 16.5. The number of hydrogen-bond donors (Lipinski definition) is 1. The Hall–Kier alpha value is -1.00. The van der Waals surface area contributed by atoms with Gasteiger partial charge in [-0.25, -0.2) is 0 Å². The summed E-state index contributed by atoms with van der Waals surface area (Å²) in [5.74, 6) is 1.13. The van der Waals surface area contributed by atoms with E-state index in [1.165, 1.54) is 64.5 Å². The molecule has 1 radical (unpaired) electrons. The Morgan fingerprint density at radius 1 is 0.957 bits per heavy atom. The van der Waals surface area contributed by atoms with Gasteiger partial charge in [0.2, 0.25) is 0 Å². The summed E-state index contributed by atoms with van der Waals surface area (Å²) in [6.07, 6.45) is 18.6. The molecule has 0 amide bonds. The average molecular weight is 316 g/mol. The first-order valence-electron chi connectivity index (χ1n) is 9.60. The molecule has 4 nitrogen and oxygen atoms in total. The van der Waals surface area contributed by atoms with E-state index in [2.05, 4.69) is 27.3 Å². The molecular formula is C19H30N3O. The van der Waals surface area contributed by atoms with Crippen LogP contribution in [0, 0.1) is 6.08 Å². The lowest BCUT2D eigenvalue weighted by Crippen LogP contribution is -2.44. The van der Waals surface area contributed by atoms with Gasteiger partial charge in [-0.1, -0.05) is 25.3 Å². The summed E-state index contributed by atoms with van der Waals surface area (Å²) in [5, 5.41) is 3.55. The van der Waals surface area contributed by atoms with Gasteiger partial charge in [0, 0.05) is 38.3 Å². The first-order valence-corrected chi connectivity index (χ1v) is 9.60. The van der Waals surface area contributed by atoms with Gasteiger partial charge in [0.05, 0.1) is 6.10 Å². The van der Waals surface area contributed by atoms with Crippen molar-refractivity contribution in [3.05, 3.63) is 24.0 Å². The van der Waals surface area contributed by atoms with Crippen LogP contribution in [0.3, 0.4) is 0 Å². The molecule has 1 saturated heterocycles. The van der Waals surface area contributed by atoms with E-state index >= 15 is 0 Å². The van der Waals surface area contributed by atoms with Gasteiger partial charge in [-0.15, -0.1) is 0 Å². The van der Waals surface area contributed by atoms with Gasteiger partial charge >= 0.3 is 0 Å².